The Labute approximate surface area is 63.5 Å². The molecule has 0 spiro atoms. The molecule has 0 unspecified atom stereocenters. The van der Waals surface area contributed by atoms with Crippen LogP contribution < -0.4 is 0 Å². The highest BCUT2D eigenvalue weighted by molar-refractivity contribution is 5.79. The number of methoxy groups -OCH3 is 1. The van der Waals surface area contributed by atoms with E-state index < -0.39 is 17.3 Å². The Morgan fingerprint density at radius 3 is 2.27 bits per heavy atom. The van der Waals surface area contributed by atoms with Gasteiger partial charge in [0.25, 0.3) is 0 Å². The van der Waals surface area contributed by atoms with Crippen molar-refractivity contribution in [3.05, 3.63) is 0 Å². The van der Waals surface area contributed by atoms with Crippen LogP contribution >= 0.6 is 0 Å². The van der Waals surface area contributed by atoms with Gasteiger partial charge < -0.3 is 4.74 Å². The van der Waals surface area contributed by atoms with Gasteiger partial charge in [-0.1, -0.05) is 6.92 Å². The summed E-state index contributed by atoms with van der Waals surface area (Å²) in [5.74, 6) is -4.72. The summed E-state index contributed by atoms with van der Waals surface area (Å²) in [6.45, 7) is 1.39. The van der Waals surface area contributed by atoms with E-state index in [0.29, 0.717) is 12.8 Å². The van der Waals surface area contributed by atoms with Gasteiger partial charge in [0, 0.05) is 5.41 Å². The lowest BCUT2D eigenvalue weighted by atomic mass is 10.0. The second-order valence-electron chi connectivity index (χ2n) is 3.13. The number of hydrogen-bond donors (Lipinski definition) is 0. The van der Waals surface area contributed by atoms with Crippen LogP contribution in [-0.2, 0) is 9.53 Å². The number of carbonyl (C=O) groups is 1. The molecule has 1 rings (SSSR count). The third-order valence-corrected chi connectivity index (χ3v) is 2.20. The summed E-state index contributed by atoms with van der Waals surface area (Å²) in [7, 11) is 0.974. The quantitative estimate of drug-likeness (QED) is 0.579. The molecule has 4 heteroatoms. The maximum Gasteiger partial charge on any atom is 0.377 e. The fourth-order valence-corrected chi connectivity index (χ4v) is 0.876. The topological polar surface area (TPSA) is 26.3 Å². The molecule has 0 saturated heterocycles. The number of rotatable bonds is 2. The van der Waals surface area contributed by atoms with E-state index in [9.17, 15) is 13.6 Å². The Hall–Kier alpha value is -0.670. The first-order valence-electron chi connectivity index (χ1n) is 3.40. The molecule has 2 nitrogen and oxygen atoms in total. The molecule has 1 aliphatic rings. The van der Waals surface area contributed by atoms with Crippen molar-refractivity contribution in [3.63, 3.8) is 0 Å². The van der Waals surface area contributed by atoms with Gasteiger partial charge in [-0.2, -0.15) is 8.78 Å². The molecule has 1 saturated carbocycles. The van der Waals surface area contributed by atoms with Crippen LogP contribution in [-0.4, -0.2) is 19.0 Å². The van der Waals surface area contributed by atoms with Gasteiger partial charge in [-0.05, 0) is 12.8 Å². The summed E-state index contributed by atoms with van der Waals surface area (Å²) < 4.78 is 29.8. The number of hydrogen-bond acceptors (Lipinski definition) is 2. The van der Waals surface area contributed by atoms with Crippen LogP contribution in [0.5, 0.6) is 0 Å². The van der Waals surface area contributed by atoms with Crippen LogP contribution in [0.25, 0.3) is 0 Å². The van der Waals surface area contributed by atoms with Gasteiger partial charge >= 0.3 is 11.9 Å². The van der Waals surface area contributed by atoms with Crippen LogP contribution in [0.2, 0.25) is 0 Å². The molecule has 1 aliphatic carbocycles. The molecule has 0 atom stereocenters. The van der Waals surface area contributed by atoms with Gasteiger partial charge in [-0.15, -0.1) is 0 Å². The predicted molar refractivity (Wildman–Crippen MR) is 34.3 cm³/mol. The minimum atomic E-state index is -3.30. The van der Waals surface area contributed by atoms with Crippen molar-refractivity contribution in [1.82, 2.24) is 0 Å². The first kappa shape index (κ1) is 8.43. The fourth-order valence-electron chi connectivity index (χ4n) is 0.876. The zero-order chi connectivity index (χ0) is 8.70. The molecule has 0 amide bonds. The number of halogens is 2. The highest BCUT2D eigenvalue weighted by atomic mass is 19.3. The van der Waals surface area contributed by atoms with Gasteiger partial charge in [0.05, 0.1) is 7.11 Å². The summed E-state index contributed by atoms with van der Waals surface area (Å²) in [5, 5.41) is 0. The molecule has 0 heterocycles. The van der Waals surface area contributed by atoms with Crippen molar-refractivity contribution in [1.29, 1.82) is 0 Å². The zero-order valence-corrected chi connectivity index (χ0v) is 6.49. The number of alkyl halides is 2. The van der Waals surface area contributed by atoms with E-state index in [1.165, 1.54) is 6.92 Å². The Balaban J connectivity index is 2.73. The van der Waals surface area contributed by atoms with E-state index in [2.05, 4.69) is 4.74 Å². The van der Waals surface area contributed by atoms with Crippen LogP contribution in [0.1, 0.15) is 19.8 Å². The van der Waals surface area contributed by atoms with E-state index in [1.54, 1.807) is 0 Å². The lowest BCUT2D eigenvalue weighted by Crippen LogP contribution is -2.38. The maximum atomic E-state index is 12.9. The SMILES string of the molecule is COC(=O)C(F)(F)C1(C)CC1. The van der Waals surface area contributed by atoms with Gasteiger partial charge in [-0.25, -0.2) is 4.79 Å². The molecular weight excluding hydrogens is 154 g/mol. The number of esters is 1. The summed E-state index contributed by atoms with van der Waals surface area (Å²) in [5.41, 5.74) is -1.14. The summed E-state index contributed by atoms with van der Waals surface area (Å²) in [6.07, 6.45) is 0.796. The van der Waals surface area contributed by atoms with Crippen molar-refractivity contribution >= 4 is 5.97 Å². The van der Waals surface area contributed by atoms with Crippen molar-refractivity contribution in [2.24, 2.45) is 5.41 Å². The smallest absolute Gasteiger partial charge is 0.377 e. The van der Waals surface area contributed by atoms with Gasteiger partial charge in [0.1, 0.15) is 0 Å². The van der Waals surface area contributed by atoms with E-state index >= 15 is 0 Å². The summed E-state index contributed by atoms with van der Waals surface area (Å²) >= 11 is 0. The second kappa shape index (κ2) is 2.16. The summed E-state index contributed by atoms with van der Waals surface area (Å²) in [6, 6.07) is 0. The molecule has 0 aromatic rings. The minimum Gasteiger partial charge on any atom is -0.465 e. The van der Waals surface area contributed by atoms with E-state index in [1.807, 2.05) is 0 Å². The van der Waals surface area contributed by atoms with E-state index in [4.69, 9.17) is 0 Å². The Kier molecular flexibility index (Phi) is 1.65. The molecule has 64 valence electrons. The molecule has 0 radical (unpaired) electrons. The minimum absolute atomic E-state index is 0.398. The molecular formula is C7H10F2O2. The first-order chi connectivity index (χ1) is 4.94. The van der Waals surface area contributed by atoms with Crippen molar-refractivity contribution in [2.75, 3.05) is 7.11 Å². The molecule has 11 heavy (non-hydrogen) atoms. The zero-order valence-electron chi connectivity index (χ0n) is 6.49. The largest absolute Gasteiger partial charge is 0.465 e. The fraction of sp³-hybridized carbons (Fsp3) is 0.857. The molecule has 0 bridgehead atoms. The van der Waals surface area contributed by atoms with Crippen LogP contribution in [0.4, 0.5) is 8.78 Å². The Morgan fingerprint density at radius 1 is 1.55 bits per heavy atom. The molecule has 0 aliphatic heterocycles. The first-order valence-corrected chi connectivity index (χ1v) is 3.40. The predicted octanol–water partition coefficient (Wildman–Crippen LogP) is 1.59. The maximum absolute atomic E-state index is 12.9. The van der Waals surface area contributed by atoms with Gasteiger partial charge in [-0.3, -0.25) is 0 Å². The molecule has 0 N–H and O–H groups in total. The Morgan fingerprint density at radius 2 is 2.00 bits per heavy atom. The average Bonchev–Trinajstić information content (AvgIpc) is 2.67. The standard InChI is InChI=1S/C7H10F2O2/c1-6(3-4-6)7(8,9)5(10)11-2/h3-4H2,1-2H3. The van der Waals surface area contributed by atoms with Gasteiger partial charge in [0.15, 0.2) is 0 Å². The summed E-state index contributed by atoms with van der Waals surface area (Å²) in [4.78, 5) is 10.5. The van der Waals surface area contributed by atoms with Crippen molar-refractivity contribution in [3.8, 4) is 0 Å². The average molecular weight is 164 g/mol. The lowest BCUT2D eigenvalue weighted by molar-refractivity contribution is -0.178. The second-order valence-corrected chi connectivity index (χ2v) is 3.13. The van der Waals surface area contributed by atoms with E-state index in [-0.39, 0.29) is 0 Å². The third-order valence-electron chi connectivity index (χ3n) is 2.20. The monoisotopic (exact) mass is 164 g/mol. The van der Waals surface area contributed by atoms with Gasteiger partial charge in [0.2, 0.25) is 0 Å². The lowest BCUT2D eigenvalue weighted by Gasteiger charge is -2.19. The highest BCUT2D eigenvalue weighted by Crippen LogP contribution is 2.56. The molecule has 1 fully saturated rings. The van der Waals surface area contributed by atoms with Crippen LogP contribution in [0.3, 0.4) is 0 Å². The molecule has 0 aromatic carbocycles. The van der Waals surface area contributed by atoms with Crippen LogP contribution in [0, 0.1) is 5.41 Å². The molecule has 0 aromatic heterocycles. The number of carbonyl (C=O) groups excluding carboxylic acids is 1. The Bertz CT molecular complexity index is 185. The van der Waals surface area contributed by atoms with Crippen LogP contribution in [0.15, 0.2) is 0 Å². The highest BCUT2D eigenvalue weighted by Gasteiger charge is 2.63. The normalized spacial score (nSPS) is 21.1. The van der Waals surface area contributed by atoms with E-state index in [0.717, 1.165) is 7.11 Å². The third kappa shape index (κ3) is 1.10. The number of ether oxygens (including phenoxy) is 1. The van der Waals surface area contributed by atoms with Crippen molar-refractivity contribution < 1.29 is 18.3 Å². The van der Waals surface area contributed by atoms with Crippen molar-refractivity contribution in [2.45, 2.75) is 25.7 Å².